The quantitative estimate of drug-likeness (QED) is 0.402. The SMILES string of the molecule is CC1(C)CC[C@@]2(C(=O)O)[C@H](C1)C1=CC[C@@H]3[C@@]4(C)CC[C@H](O)[C@@](C)(CO)[C@@H]4CC[C@@]3(C)[C@]1(C)C[C@@H]2O. The Balaban J connectivity index is 1.63. The normalized spacial score (nSPS) is 55.0. The van der Waals surface area contributed by atoms with Gasteiger partial charge in [0.2, 0.25) is 0 Å². The molecule has 0 aromatic heterocycles. The first kappa shape index (κ1) is 25.7. The van der Waals surface area contributed by atoms with Gasteiger partial charge in [-0.05, 0) is 97.2 Å². The molecule has 0 amide bonds. The van der Waals surface area contributed by atoms with Gasteiger partial charge in [0.1, 0.15) is 5.41 Å². The third-order valence-corrected chi connectivity index (χ3v) is 13.2. The maximum absolute atomic E-state index is 12.8. The van der Waals surface area contributed by atoms with Gasteiger partial charge in [-0.2, -0.15) is 0 Å². The molecule has 0 aromatic rings. The number of carboxylic acids is 1. The third kappa shape index (κ3) is 3.01. The van der Waals surface area contributed by atoms with Gasteiger partial charge >= 0.3 is 5.97 Å². The molecule has 5 rings (SSSR count). The van der Waals surface area contributed by atoms with Crippen molar-refractivity contribution in [3.05, 3.63) is 11.6 Å². The molecule has 5 aliphatic rings. The van der Waals surface area contributed by atoms with Crippen molar-refractivity contribution in [1.82, 2.24) is 0 Å². The van der Waals surface area contributed by atoms with E-state index in [1.807, 2.05) is 0 Å². The van der Waals surface area contributed by atoms with E-state index in [2.05, 4.69) is 47.6 Å². The van der Waals surface area contributed by atoms with Gasteiger partial charge in [0.05, 0.1) is 18.8 Å². The summed E-state index contributed by atoms with van der Waals surface area (Å²) in [4.78, 5) is 12.8. The summed E-state index contributed by atoms with van der Waals surface area (Å²) in [6.45, 7) is 13.7. The highest BCUT2D eigenvalue weighted by Gasteiger charge is 2.71. The number of carboxylic acid groups (broad SMARTS) is 1. The van der Waals surface area contributed by atoms with Crippen molar-refractivity contribution in [1.29, 1.82) is 0 Å². The van der Waals surface area contributed by atoms with Crippen molar-refractivity contribution in [2.75, 3.05) is 6.61 Å². The third-order valence-electron chi connectivity index (χ3n) is 13.2. The number of hydrogen-bond donors (Lipinski definition) is 4. The van der Waals surface area contributed by atoms with Crippen molar-refractivity contribution in [2.45, 2.75) is 112 Å². The van der Waals surface area contributed by atoms with E-state index in [-0.39, 0.29) is 40.1 Å². The Morgan fingerprint density at radius 3 is 2.23 bits per heavy atom. The summed E-state index contributed by atoms with van der Waals surface area (Å²) in [5.74, 6) is -0.323. The lowest BCUT2D eigenvalue weighted by Gasteiger charge is -2.71. The molecule has 0 aromatic carbocycles. The Morgan fingerprint density at radius 1 is 0.914 bits per heavy atom. The zero-order chi connectivity index (χ0) is 25.8. The number of aliphatic hydroxyl groups is 3. The van der Waals surface area contributed by atoms with Crippen LogP contribution in [0.25, 0.3) is 0 Å². The van der Waals surface area contributed by atoms with Crippen LogP contribution in [0.5, 0.6) is 0 Å². The molecule has 0 aliphatic heterocycles. The Morgan fingerprint density at radius 2 is 1.60 bits per heavy atom. The van der Waals surface area contributed by atoms with Gasteiger partial charge in [-0.3, -0.25) is 4.79 Å². The molecule has 0 spiro atoms. The van der Waals surface area contributed by atoms with E-state index in [0.29, 0.717) is 25.2 Å². The number of rotatable bonds is 2. The van der Waals surface area contributed by atoms with Crippen LogP contribution in [0.3, 0.4) is 0 Å². The molecular weight excluding hydrogens is 440 g/mol. The zero-order valence-electron chi connectivity index (χ0n) is 22.7. The van der Waals surface area contributed by atoms with E-state index >= 15 is 0 Å². The molecule has 4 fully saturated rings. The van der Waals surface area contributed by atoms with E-state index in [4.69, 9.17) is 0 Å². The molecule has 10 atom stereocenters. The lowest BCUT2D eigenvalue weighted by molar-refractivity contribution is -0.226. The molecular formula is C30H48O5. The molecule has 0 saturated heterocycles. The van der Waals surface area contributed by atoms with Crippen LogP contribution in [-0.2, 0) is 4.79 Å². The number of allylic oxidation sites excluding steroid dienone is 2. The van der Waals surface area contributed by atoms with Gasteiger partial charge in [-0.25, -0.2) is 0 Å². The number of hydrogen-bond acceptors (Lipinski definition) is 4. The van der Waals surface area contributed by atoms with E-state index in [9.17, 15) is 25.2 Å². The number of aliphatic hydroxyl groups excluding tert-OH is 3. The van der Waals surface area contributed by atoms with Gasteiger partial charge in [-0.1, -0.05) is 53.2 Å². The van der Waals surface area contributed by atoms with Crippen LogP contribution in [0.15, 0.2) is 11.6 Å². The van der Waals surface area contributed by atoms with E-state index in [1.54, 1.807) is 0 Å². The average molecular weight is 489 g/mol. The summed E-state index contributed by atoms with van der Waals surface area (Å²) in [6, 6.07) is 0. The average Bonchev–Trinajstić information content (AvgIpc) is 2.76. The highest BCUT2D eigenvalue weighted by molar-refractivity contribution is 5.77. The summed E-state index contributed by atoms with van der Waals surface area (Å²) in [5.41, 5.74) is -0.522. The Labute approximate surface area is 211 Å². The van der Waals surface area contributed by atoms with Gasteiger partial charge in [0, 0.05) is 5.41 Å². The largest absolute Gasteiger partial charge is 0.481 e. The van der Waals surface area contributed by atoms with Gasteiger partial charge < -0.3 is 20.4 Å². The summed E-state index contributed by atoms with van der Waals surface area (Å²) in [7, 11) is 0. The fourth-order valence-electron chi connectivity index (χ4n) is 10.8. The molecule has 4 saturated carbocycles. The monoisotopic (exact) mass is 488 g/mol. The maximum atomic E-state index is 12.8. The molecule has 5 nitrogen and oxygen atoms in total. The predicted molar refractivity (Wildman–Crippen MR) is 135 cm³/mol. The van der Waals surface area contributed by atoms with E-state index in [0.717, 1.165) is 38.5 Å². The standard InChI is InChI=1S/C30H48O5/c1-25(2)13-14-30(24(34)35)19(15-25)18-7-8-21-26(3)11-10-22(32)27(4,17-31)20(26)9-12-28(21,5)29(18,6)16-23(30)33/h7,19-23,31-33H,8-17H2,1-6H3,(H,34,35)/t19-,20-,21-,22+,23+,26+,27+,28-,29-,30-/m1/s1. The molecule has 198 valence electrons. The molecule has 5 heteroatoms. The second kappa shape index (κ2) is 7.57. The van der Waals surface area contributed by atoms with Crippen LogP contribution >= 0.6 is 0 Å². The Bertz CT molecular complexity index is 941. The molecule has 0 bridgehead atoms. The van der Waals surface area contributed by atoms with Crippen molar-refractivity contribution in [2.24, 2.45) is 50.2 Å². The molecule has 0 radical (unpaired) electrons. The van der Waals surface area contributed by atoms with Crippen molar-refractivity contribution < 1.29 is 25.2 Å². The van der Waals surface area contributed by atoms with E-state index in [1.165, 1.54) is 5.57 Å². The fourth-order valence-corrected chi connectivity index (χ4v) is 10.8. The van der Waals surface area contributed by atoms with E-state index < -0.39 is 29.0 Å². The second-order valence-corrected chi connectivity index (χ2v) is 15.0. The predicted octanol–water partition coefficient (Wildman–Crippen LogP) is 5.18. The van der Waals surface area contributed by atoms with Crippen LogP contribution in [0.4, 0.5) is 0 Å². The molecule has 5 aliphatic carbocycles. The van der Waals surface area contributed by atoms with Crippen molar-refractivity contribution >= 4 is 5.97 Å². The minimum Gasteiger partial charge on any atom is -0.481 e. The summed E-state index contributed by atoms with van der Waals surface area (Å²) < 4.78 is 0. The lowest BCUT2D eigenvalue weighted by atomic mass is 9.33. The van der Waals surface area contributed by atoms with Crippen LogP contribution in [-0.4, -0.2) is 45.2 Å². The Hall–Kier alpha value is -0.910. The highest BCUT2D eigenvalue weighted by Crippen LogP contribution is 2.75. The lowest BCUT2D eigenvalue weighted by Crippen LogP contribution is -2.68. The molecule has 4 N–H and O–H groups in total. The first-order valence-corrected chi connectivity index (χ1v) is 14.0. The van der Waals surface area contributed by atoms with Crippen molar-refractivity contribution in [3.63, 3.8) is 0 Å². The van der Waals surface area contributed by atoms with Gasteiger partial charge in [-0.15, -0.1) is 0 Å². The highest BCUT2D eigenvalue weighted by atomic mass is 16.4. The first-order valence-electron chi connectivity index (χ1n) is 14.0. The van der Waals surface area contributed by atoms with Crippen LogP contribution in [0.2, 0.25) is 0 Å². The maximum Gasteiger partial charge on any atom is 0.312 e. The second-order valence-electron chi connectivity index (χ2n) is 15.0. The number of aliphatic carboxylic acids is 1. The summed E-state index contributed by atoms with van der Waals surface area (Å²) in [6.07, 6.45) is 8.30. The van der Waals surface area contributed by atoms with Crippen LogP contribution < -0.4 is 0 Å². The fraction of sp³-hybridized carbons (Fsp3) is 0.900. The minimum atomic E-state index is -1.07. The molecule has 35 heavy (non-hydrogen) atoms. The van der Waals surface area contributed by atoms with Gasteiger partial charge in [0.15, 0.2) is 0 Å². The number of fused-ring (bicyclic) bond motifs is 7. The number of carbonyl (C=O) groups is 1. The summed E-state index contributed by atoms with van der Waals surface area (Å²) in [5, 5.41) is 43.5. The smallest absolute Gasteiger partial charge is 0.312 e. The van der Waals surface area contributed by atoms with Crippen LogP contribution in [0, 0.1) is 50.2 Å². The summed E-state index contributed by atoms with van der Waals surface area (Å²) >= 11 is 0. The zero-order valence-corrected chi connectivity index (χ0v) is 22.7. The van der Waals surface area contributed by atoms with Gasteiger partial charge in [0.25, 0.3) is 0 Å². The van der Waals surface area contributed by atoms with Crippen molar-refractivity contribution in [3.8, 4) is 0 Å². The topological polar surface area (TPSA) is 98.0 Å². The Kier molecular flexibility index (Phi) is 5.56. The first-order chi connectivity index (χ1) is 16.1. The molecule has 0 heterocycles. The molecule has 0 unspecified atom stereocenters. The van der Waals surface area contributed by atoms with Crippen LogP contribution in [0.1, 0.15) is 99.3 Å². The minimum absolute atomic E-state index is 0.00707.